The molecule has 1 fully saturated rings. The number of pyridine rings is 1. The zero-order valence-corrected chi connectivity index (χ0v) is 21.7. The van der Waals surface area contributed by atoms with Gasteiger partial charge in [-0.25, -0.2) is 18.4 Å². The molecule has 0 radical (unpaired) electrons. The number of rotatable bonds is 8. The van der Waals surface area contributed by atoms with E-state index < -0.39 is 9.84 Å². The monoisotopic (exact) mass is 510 g/mol. The average molecular weight is 511 g/mol. The number of benzene rings is 1. The van der Waals surface area contributed by atoms with Crippen LogP contribution in [0.15, 0.2) is 53.7 Å². The second-order valence-electron chi connectivity index (χ2n) is 9.11. The third-order valence-electron chi connectivity index (χ3n) is 6.58. The van der Waals surface area contributed by atoms with E-state index in [1.165, 1.54) is 38.2 Å². The van der Waals surface area contributed by atoms with Crippen LogP contribution >= 0.6 is 11.6 Å². The number of sulfone groups is 1. The Morgan fingerprint density at radius 2 is 1.74 bits per heavy atom. The molecule has 1 aliphatic rings. The first-order valence-corrected chi connectivity index (χ1v) is 14.1. The van der Waals surface area contributed by atoms with Gasteiger partial charge < -0.3 is 5.32 Å². The predicted molar refractivity (Wildman–Crippen MR) is 142 cm³/mol. The molecule has 0 aliphatic heterocycles. The Morgan fingerprint density at radius 3 is 2.40 bits per heavy atom. The highest BCUT2D eigenvalue weighted by molar-refractivity contribution is 7.90. The third kappa shape index (κ3) is 6.67. The third-order valence-corrected chi connectivity index (χ3v) is 8.72. The normalized spacial score (nSPS) is 18.6. The fraction of sp³-hybridized carbons (Fsp3) is 0.370. The van der Waals surface area contributed by atoms with Crippen LogP contribution in [0.3, 0.4) is 0 Å². The molecule has 6 nitrogen and oxygen atoms in total. The summed E-state index contributed by atoms with van der Waals surface area (Å²) in [7, 11) is -3.58. The molecule has 0 spiro atoms. The van der Waals surface area contributed by atoms with E-state index in [-0.39, 0.29) is 15.7 Å². The van der Waals surface area contributed by atoms with E-state index in [1.807, 2.05) is 25.1 Å². The van der Waals surface area contributed by atoms with Gasteiger partial charge in [-0.2, -0.15) is 0 Å². The van der Waals surface area contributed by atoms with Crippen LogP contribution < -0.4 is 5.32 Å². The topological polar surface area (TPSA) is 84.8 Å². The maximum Gasteiger partial charge on any atom is 0.222 e. The number of hydrogen-bond acceptors (Lipinski definition) is 6. The minimum Gasteiger partial charge on any atom is -0.351 e. The lowest BCUT2D eigenvalue weighted by Gasteiger charge is -2.28. The van der Waals surface area contributed by atoms with E-state index in [4.69, 9.17) is 11.6 Å². The molecule has 1 saturated carbocycles. The van der Waals surface area contributed by atoms with Gasteiger partial charge in [0.25, 0.3) is 0 Å². The highest BCUT2D eigenvalue weighted by atomic mass is 35.5. The highest BCUT2D eigenvalue weighted by Gasteiger charge is 2.21. The summed E-state index contributed by atoms with van der Waals surface area (Å²) in [5.74, 6) is 1.33. The predicted octanol–water partition coefficient (Wildman–Crippen LogP) is 6.36. The Bertz CT molecular complexity index is 1280. The van der Waals surface area contributed by atoms with E-state index in [0.29, 0.717) is 17.7 Å². The van der Waals surface area contributed by atoms with Gasteiger partial charge in [0, 0.05) is 29.7 Å². The van der Waals surface area contributed by atoms with Gasteiger partial charge in [-0.1, -0.05) is 55.3 Å². The number of aryl methyl sites for hydroxylation is 1. The van der Waals surface area contributed by atoms with Crippen LogP contribution in [0, 0.1) is 12.8 Å². The zero-order chi connectivity index (χ0) is 24.8. The van der Waals surface area contributed by atoms with Crippen LogP contribution in [0.5, 0.6) is 0 Å². The Kier molecular flexibility index (Phi) is 8.19. The van der Waals surface area contributed by atoms with Crippen molar-refractivity contribution < 1.29 is 8.42 Å². The van der Waals surface area contributed by atoms with Gasteiger partial charge in [0.2, 0.25) is 5.95 Å². The molecular weight excluding hydrogens is 480 g/mol. The summed E-state index contributed by atoms with van der Waals surface area (Å²) < 4.78 is 25.5. The van der Waals surface area contributed by atoms with E-state index in [2.05, 4.69) is 27.2 Å². The number of anilines is 1. The number of halogens is 1. The molecule has 0 atom stereocenters. The quantitative estimate of drug-likeness (QED) is 0.379. The second-order valence-corrected chi connectivity index (χ2v) is 11.5. The van der Waals surface area contributed by atoms with Crippen molar-refractivity contribution >= 4 is 39.5 Å². The summed E-state index contributed by atoms with van der Waals surface area (Å²) in [6, 6.07) is 10.5. The van der Waals surface area contributed by atoms with Crippen molar-refractivity contribution in [2.75, 3.05) is 5.32 Å². The first-order valence-electron chi connectivity index (χ1n) is 12.0. The van der Waals surface area contributed by atoms with Gasteiger partial charge in [0.15, 0.2) is 9.84 Å². The van der Waals surface area contributed by atoms with Crippen molar-refractivity contribution in [2.24, 2.45) is 5.92 Å². The van der Waals surface area contributed by atoms with Gasteiger partial charge in [-0.05, 0) is 62.3 Å². The minimum atomic E-state index is -3.58. The molecule has 2 heterocycles. The zero-order valence-electron chi connectivity index (χ0n) is 20.1. The first kappa shape index (κ1) is 25.3. The molecule has 1 N–H and O–H groups in total. The number of aromatic nitrogens is 3. The standard InChI is InChI=1S/C27H31ClN4O2S/c1-3-20-9-13-23(14-10-20)32-27-29-16-21(17-30-27)8-11-22-12-15-24(31-19(22)2)18-35(33,34)26-7-5-4-6-25(26)28/h4-8,11-12,15-17,20,23H,3,9-10,13-14,18H2,1-2H3,(H,29,30,32). The second kappa shape index (κ2) is 11.3. The van der Waals surface area contributed by atoms with Gasteiger partial charge >= 0.3 is 0 Å². The molecule has 0 saturated heterocycles. The summed E-state index contributed by atoms with van der Waals surface area (Å²) in [6.07, 6.45) is 13.6. The minimum absolute atomic E-state index is 0.122. The van der Waals surface area contributed by atoms with Crippen LogP contribution in [-0.2, 0) is 15.6 Å². The van der Waals surface area contributed by atoms with E-state index in [0.717, 1.165) is 22.7 Å². The fourth-order valence-corrected chi connectivity index (χ4v) is 6.28. The largest absolute Gasteiger partial charge is 0.351 e. The summed E-state index contributed by atoms with van der Waals surface area (Å²) in [4.78, 5) is 13.6. The first-order chi connectivity index (χ1) is 16.8. The van der Waals surface area contributed by atoms with E-state index >= 15 is 0 Å². The number of nitrogens with one attached hydrogen (secondary N) is 1. The fourth-order valence-electron chi connectivity index (χ4n) is 4.43. The maximum atomic E-state index is 12.8. The summed E-state index contributed by atoms with van der Waals surface area (Å²) in [5, 5.41) is 3.68. The Hall–Kier alpha value is -2.77. The number of hydrogen-bond donors (Lipinski definition) is 1. The van der Waals surface area contributed by atoms with Gasteiger partial charge in [-0.15, -0.1) is 0 Å². The van der Waals surface area contributed by atoms with Crippen LogP contribution in [0.25, 0.3) is 12.2 Å². The number of nitrogens with zero attached hydrogens (tertiary/aromatic N) is 3. The van der Waals surface area contributed by atoms with Gasteiger partial charge in [-0.3, -0.25) is 4.98 Å². The molecular formula is C27H31ClN4O2S. The van der Waals surface area contributed by atoms with E-state index in [9.17, 15) is 8.42 Å². The molecule has 0 amide bonds. The molecule has 4 rings (SSSR count). The van der Waals surface area contributed by atoms with Crippen molar-refractivity contribution in [3.8, 4) is 0 Å². The smallest absolute Gasteiger partial charge is 0.222 e. The Balaban J connectivity index is 1.37. The lowest BCUT2D eigenvalue weighted by molar-refractivity contribution is 0.329. The van der Waals surface area contributed by atoms with Crippen molar-refractivity contribution in [2.45, 2.75) is 62.6 Å². The van der Waals surface area contributed by atoms with E-state index in [1.54, 1.807) is 36.7 Å². The molecule has 1 aliphatic carbocycles. The molecule has 8 heteroatoms. The SMILES string of the molecule is CCC1CCC(Nc2ncc(C=Cc3ccc(CS(=O)(=O)c4ccccc4Cl)nc3C)cn2)CC1. The maximum absolute atomic E-state index is 12.8. The van der Waals surface area contributed by atoms with Crippen molar-refractivity contribution in [3.05, 3.63) is 76.3 Å². The Morgan fingerprint density at radius 1 is 1.03 bits per heavy atom. The van der Waals surface area contributed by atoms with Crippen LogP contribution in [0.4, 0.5) is 5.95 Å². The molecule has 1 aromatic carbocycles. The van der Waals surface area contributed by atoms with Crippen molar-refractivity contribution in [1.82, 2.24) is 15.0 Å². The molecule has 35 heavy (non-hydrogen) atoms. The summed E-state index contributed by atoms with van der Waals surface area (Å²) in [5.41, 5.74) is 3.01. The lowest BCUT2D eigenvalue weighted by atomic mass is 9.85. The van der Waals surface area contributed by atoms with Gasteiger partial charge in [0.1, 0.15) is 0 Å². The summed E-state index contributed by atoms with van der Waals surface area (Å²) >= 11 is 6.08. The molecule has 0 unspecified atom stereocenters. The molecule has 2 aromatic heterocycles. The van der Waals surface area contributed by atoms with Crippen LogP contribution in [0.1, 0.15) is 61.5 Å². The van der Waals surface area contributed by atoms with Gasteiger partial charge in [0.05, 0.1) is 21.4 Å². The molecule has 0 bridgehead atoms. The lowest BCUT2D eigenvalue weighted by Crippen LogP contribution is -2.26. The average Bonchev–Trinajstić information content (AvgIpc) is 2.85. The Labute approximate surface area is 212 Å². The van der Waals surface area contributed by atoms with Crippen molar-refractivity contribution in [1.29, 1.82) is 0 Å². The van der Waals surface area contributed by atoms with Crippen LogP contribution in [0.2, 0.25) is 5.02 Å². The molecule has 184 valence electrons. The highest BCUT2D eigenvalue weighted by Crippen LogP contribution is 2.28. The van der Waals surface area contributed by atoms with Crippen molar-refractivity contribution in [3.63, 3.8) is 0 Å². The molecule has 3 aromatic rings. The summed E-state index contributed by atoms with van der Waals surface area (Å²) in [6.45, 7) is 4.13. The van der Waals surface area contributed by atoms with Crippen LogP contribution in [-0.4, -0.2) is 29.4 Å².